The van der Waals surface area contributed by atoms with Crippen LogP contribution < -0.4 is 0 Å². The molecule has 0 radical (unpaired) electrons. The van der Waals surface area contributed by atoms with E-state index in [2.05, 4.69) is 14.9 Å². The normalized spacial score (nSPS) is 18.1. The van der Waals surface area contributed by atoms with E-state index in [1.54, 1.807) is 49.6 Å². The number of amides is 1. The van der Waals surface area contributed by atoms with Crippen LogP contribution in [0.25, 0.3) is 11.3 Å². The molecule has 0 bridgehead atoms. The molecule has 1 aromatic carbocycles. The summed E-state index contributed by atoms with van der Waals surface area (Å²) < 4.78 is 14.2. The molecule has 25 heavy (non-hydrogen) atoms. The lowest BCUT2D eigenvalue weighted by Gasteiger charge is -2.33. The number of likely N-dealkylation sites (tertiary alicyclic amines) is 1. The van der Waals surface area contributed by atoms with Crippen LogP contribution in [-0.4, -0.2) is 59.4 Å². The van der Waals surface area contributed by atoms with Crippen molar-refractivity contribution >= 4 is 5.91 Å². The maximum Gasteiger partial charge on any atom is 0.236 e. The van der Waals surface area contributed by atoms with E-state index in [0.717, 1.165) is 31.6 Å². The van der Waals surface area contributed by atoms with E-state index in [-0.39, 0.29) is 17.6 Å². The zero-order valence-electron chi connectivity index (χ0n) is 14.7. The SMILES string of the molecule is CN(C)C(=O)CN1CCC[C@@H](c2nccnc2-c2ccccc2F)C1. The number of benzene rings is 1. The van der Waals surface area contributed by atoms with Crippen LogP contribution in [0.5, 0.6) is 0 Å². The first-order valence-corrected chi connectivity index (χ1v) is 8.54. The highest BCUT2D eigenvalue weighted by Crippen LogP contribution is 2.32. The molecule has 0 spiro atoms. The van der Waals surface area contributed by atoms with Gasteiger partial charge in [0.25, 0.3) is 0 Å². The fourth-order valence-corrected chi connectivity index (χ4v) is 3.26. The summed E-state index contributed by atoms with van der Waals surface area (Å²) in [4.78, 5) is 24.7. The molecule has 1 fully saturated rings. The minimum absolute atomic E-state index is 0.0918. The first-order valence-electron chi connectivity index (χ1n) is 8.54. The maximum atomic E-state index is 14.2. The van der Waals surface area contributed by atoms with Gasteiger partial charge in [0.15, 0.2) is 0 Å². The number of nitrogens with zero attached hydrogens (tertiary/aromatic N) is 4. The third-order valence-electron chi connectivity index (χ3n) is 4.61. The Labute approximate surface area is 147 Å². The number of piperidine rings is 1. The molecule has 3 rings (SSSR count). The fraction of sp³-hybridized carbons (Fsp3) is 0.421. The Morgan fingerprint density at radius 1 is 1.28 bits per heavy atom. The molecule has 1 amide bonds. The average molecular weight is 342 g/mol. The van der Waals surface area contributed by atoms with Gasteiger partial charge in [-0.15, -0.1) is 0 Å². The van der Waals surface area contributed by atoms with Crippen molar-refractivity contribution in [3.63, 3.8) is 0 Å². The van der Waals surface area contributed by atoms with Gasteiger partial charge in [0.1, 0.15) is 5.82 Å². The number of likely N-dealkylation sites (N-methyl/N-ethyl adjacent to an activating group) is 1. The second kappa shape index (κ2) is 7.70. The van der Waals surface area contributed by atoms with Gasteiger partial charge in [-0.25, -0.2) is 4.39 Å². The van der Waals surface area contributed by atoms with Crippen LogP contribution in [0.1, 0.15) is 24.5 Å². The third kappa shape index (κ3) is 4.02. The monoisotopic (exact) mass is 342 g/mol. The molecule has 1 aliphatic heterocycles. The number of hydrogen-bond donors (Lipinski definition) is 0. The molecule has 0 unspecified atom stereocenters. The van der Waals surface area contributed by atoms with Crippen LogP contribution in [0.15, 0.2) is 36.7 Å². The fourth-order valence-electron chi connectivity index (χ4n) is 3.26. The first kappa shape index (κ1) is 17.5. The summed E-state index contributed by atoms with van der Waals surface area (Å²) in [5.41, 5.74) is 1.90. The molecular formula is C19H23FN4O. The molecule has 132 valence electrons. The molecule has 0 aliphatic carbocycles. The van der Waals surface area contributed by atoms with Crippen molar-refractivity contribution in [3.05, 3.63) is 48.2 Å². The minimum Gasteiger partial charge on any atom is -0.348 e. The molecule has 2 aromatic rings. The van der Waals surface area contributed by atoms with Crippen LogP contribution in [-0.2, 0) is 4.79 Å². The highest BCUT2D eigenvalue weighted by Gasteiger charge is 2.27. The lowest BCUT2D eigenvalue weighted by molar-refractivity contribution is -0.130. The third-order valence-corrected chi connectivity index (χ3v) is 4.61. The highest BCUT2D eigenvalue weighted by molar-refractivity contribution is 5.77. The van der Waals surface area contributed by atoms with Gasteiger partial charge in [-0.3, -0.25) is 19.7 Å². The quantitative estimate of drug-likeness (QED) is 0.857. The second-order valence-corrected chi connectivity index (χ2v) is 6.63. The van der Waals surface area contributed by atoms with Gasteiger partial charge in [-0.2, -0.15) is 0 Å². The summed E-state index contributed by atoms with van der Waals surface area (Å²) in [7, 11) is 3.53. The molecule has 2 heterocycles. The van der Waals surface area contributed by atoms with E-state index < -0.39 is 0 Å². The number of halogens is 1. The van der Waals surface area contributed by atoms with Crippen LogP contribution in [0.2, 0.25) is 0 Å². The summed E-state index contributed by atoms with van der Waals surface area (Å²) in [5, 5.41) is 0. The van der Waals surface area contributed by atoms with E-state index in [1.165, 1.54) is 6.07 Å². The molecule has 1 saturated heterocycles. The van der Waals surface area contributed by atoms with Crippen molar-refractivity contribution in [3.8, 4) is 11.3 Å². The van der Waals surface area contributed by atoms with Gasteiger partial charge in [-0.05, 0) is 31.5 Å². The Hall–Kier alpha value is -2.34. The van der Waals surface area contributed by atoms with Crippen LogP contribution in [0, 0.1) is 5.82 Å². The molecule has 0 saturated carbocycles. The zero-order valence-corrected chi connectivity index (χ0v) is 14.7. The van der Waals surface area contributed by atoms with E-state index in [0.29, 0.717) is 17.8 Å². The van der Waals surface area contributed by atoms with Crippen molar-refractivity contribution in [2.24, 2.45) is 0 Å². The van der Waals surface area contributed by atoms with Gasteiger partial charge in [-0.1, -0.05) is 12.1 Å². The molecule has 1 atom stereocenters. The Morgan fingerprint density at radius 3 is 2.80 bits per heavy atom. The molecular weight excluding hydrogens is 319 g/mol. The lowest BCUT2D eigenvalue weighted by atomic mass is 9.91. The standard InChI is InChI=1S/C19H23FN4O/c1-23(2)17(25)13-24-11-5-6-14(12-24)18-19(22-10-9-21-18)15-7-3-4-8-16(15)20/h3-4,7-10,14H,5-6,11-13H2,1-2H3/t14-/m1/s1. The number of aromatic nitrogens is 2. The van der Waals surface area contributed by atoms with Crippen molar-refractivity contribution in [1.29, 1.82) is 0 Å². The van der Waals surface area contributed by atoms with E-state index in [4.69, 9.17) is 0 Å². The maximum absolute atomic E-state index is 14.2. The Balaban J connectivity index is 1.85. The van der Waals surface area contributed by atoms with Gasteiger partial charge >= 0.3 is 0 Å². The summed E-state index contributed by atoms with van der Waals surface area (Å²) in [5.74, 6) is -0.0548. The first-order chi connectivity index (χ1) is 12.1. The lowest BCUT2D eigenvalue weighted by Crippen LogP contribution is -2.41. The largest absolute Gasteiger partial charge is 0.348 e. The van der Waals surface area contributed by atoms with Crippen molar-refractivity contribution in [1.82, 2.24) is 19.8 Å². The van der Waals surface area contributed by atoms with Gasteiger partial charge in [0.05, 0.1) is 17.9 Å². The van der Waals surface area contributed by atoms with Gasteiger partial charge < -0.3 is 4.90 Å². The minimum atomic E-state index is -0.292. The molecule has 0 N–H and O–H groups in total. The number of carbonyl (C=O) groups excluding carboxylic acids is 1. The number of carbonyl (C=O) groups is 1. The summed E-state index contributed by atoms with van der Waals surface area (Å²) in [6.07, 6.45) is 5.20. The zero-order chi connectivity index (χ0) is 17.8. The Bertz CT molecular complexity index is 750. The van der Waals surface area contributed by atoms with E-state index in [1.807, 2.05) is 0 Å². The Kier molecular flexibility index (Phi) is 5.38. The topological polar surface area (TPSA) is 49.3 Å². The van der Waals surface area contributed by atoms with Crippen LogP contribution in [0.3, 0.4) is 0 Å². The summed E-state index contributed by atoms with van der Waals surface area (Å²) in [6, 6.07) is 6.65. The molecule has 5 nitrogen and oxygen atoms in total. The van der Waals surface area contributed by atoms with Crippen molar-refractivity contribution in [2.75, 3.05) is 33.7 Å². The number of rotatable bonds is 4. The highest BCUT2D eigenvalue weighted by atomic mass is 19.1. The van der Waals surface area contributed by atoms with Crippen LogP contribution in [0.4, 0.5) is 4.39 Å². The van der Waals surface area contributed by atoms with Crippen molar-refractivity contribution < 1.29 is 9.18 Å². The van der Waals surface area contributed by atoms with Gasteiger partial charge in [0.2, 0.25) is 5.91 Å². The molecule has 6 heteroatoms. The second-order valence-electron chi connectivity index (χ2n) is 6.63. The smallest absolute Gasteiger partial charge is 0.236 e. The van der Waals surface area contributed by atoms with Gasteiger partial charge in [0, 0.05) is 44.5 Å². The van der Waals surface area contributed by atoms with Crippen LogP contribution >= 0.6 is 0 Å². The average Bonchev–Trinajstić information content (AvgIpc) is 2.62. The Morgan fingerprint density at radius 2 is 2.04 bits per heavy atom. The summed E-state index contributed by atoms with van der Waals surface area (Å²) >= 11 is 0. The van der Waals surface area contributed by atoms with E-state index >= 15 is 0 Å². The molecule has 1 aromatic heterocycles. The predicted molar refractivity (Wildman–Crippen MR) is 94.5 cm³/mol. The summed E-state index contributed by atoms with van der Waals surface area (Å²) in [6.45, 7) is 2.03. The van der Waals surface area contributed by atoms with E-state index in [9.17, 15) is 9.18 Å². The number of hydrogen-bond acceptors (Lipinski definition) is 4. The molecule has 1 aliphatic rings. The predicted octanol–water partition coefficient (Wildman–Crippen LogP) is 2.55. The van der Waals surface area contributed by atoms with Crippen molar-refractivity contribution in [2.45, 2.75) is 18.8 Å².